The first-order valence-electron chi connectivity index (χ1n) is 11.6. The molecule has 1 amide bonds. The summed E-state index contributed by atoms with van der Waals surface area (Å²) in [5.74, 6) is 5.29. The second-order valence-electron chi connectivity index (χ2n) is 11.1. The SMILES string of the molecule is CC(CCC(N)=O)[C@H]1CC[C@H]2[C@@H]3CCC4CCCC[C@]4(C)[C@H]3CC[C@]12C. The highest BCUT2D eigenvalue weighted by molar-refractivity contribution is 5.73. The van der Waals surface area contributed by atoms with Gasteiger partial charge in [0, 0.05) is 6.42 Å². The standard InChI is InChI=1S/C24H41NO/c1-16(7-12-22(25)26)19-10-11-20-18-9-8-17-6-4-5-14-23(17,2)21(18)13-15-24(19,20)3/h16-21H,4-15H2,1-3H3,(H2,25,26)/t16?,17?,18-,19+,20-,21-,23-,24+/m0/s1. The number of rotatable bonds is 4. The number of amides is 1. The summed E-state index contributed by atoms with van der Waals surface area (Å²) in [6.45, 7) is 7.70. The minimum absolute atomic E-state index is 0.121. The molecule has 26 heavy (non-hydrogen) atoms. The van der Waals surface area contributed by atoms with Crippen LogP contribution in [0.2, 0.25) is 0 Å². The van der Waals surface area contributed by atoms with Crippen molar-refractivity contribution in [3.05, 3.63) is 0 Å². The number of nitrogens with two attached hydrogens (primary N) is 1. The predicted molar refractivity (Wildman–Crippen MR) is 107 cm³/mol. The van der Waals surface area contributed by atoms with Gasteiger partial charge >= 0.3 is 0 Å². The van der Waals surface area contributed by atoms with Crippen LogP contribution in [-0.2, 0) is 4.79 Å². The molecule has 0 spiro atoms. The molecule has 148 valence electrons. The summed E-state index contributed by atoms with van der Waals surface area (Å²) >= 11 is 0. The topological polar surface area (TPSA) is 43.1 Å². The first kappa shape index (κ1) is 18.8. The van der Waals surface area contributed by atoms with Gasteiger partial charge in [0.25, 0.3) is 0 Å². The Kier molecular flexibility index (Phi) is 4.93. The smallest absolute Gasteiger partial charge is 0.217 e. The Balaban J connectivity index is 1.52. The zero-order chi connectivity index (χ0) is 18.5. The summed E-state index contributed by atoms with van der Waals surface area (Å²) in [6, 6.07) is 0. The van der Waals surface area contributed by atoms with E-state index in [4.69, 9.17) is 5.73 Å². The molecule has 0 bridgehead atoms. The highest BCUT2D eigenvalue weighted by Crippen LogP contribution is 2.68. The number of hydrogen-bond donors (Lipinski definition) is 1. The highest BCUT2D eigenvalue weighted by Gasteiger charge is 2.60. The maximum Gasteiger partial charge on any atom is 0.217 e. The Hall–Kier alpha value is -0.530. The number of fused-ring (bicyclic) bond motifs is 5. The average molecular weight is 360 g/mol. The second-order valence-corrected chi connectivity index (χ2v) is 11.1. The van der Waals surface area contributed by atoms with Crippen LogP contribution in [0, 0.1) is 46.3 Å². The van der Waals surface area contributed by atoms with Crippen LogP contribution >= 0.6 is 0 Å². The van der Waals surface area contributed by atoms with Gasteiger partial charge in [0.2, 0.25) is 5.91 Å². The summed E-state index contributed by atoms with van der Waals surface area (Å²) in [6.07, 6.45) is 16.3. The van der Waals surface area contributed by atoms with Crippen molar-refractivity contribution in [1.82, 2.24) is 0 Å². The molecule has 4 aliphatic rings. The minimum Gasteiger partial charge on any atom is -0.370 e. The quantitative estimate of drug-likeness (QED) is 0.663. The Morgan fingerprint density at radius 3 is 2.50 bits per heavy atom. The molecule has 4 rings (SSSR count). The van der Waals surface area contributed by atoms with Gasteiger partial charge in [-0.2, -0.15) is 0 Å². The van der Waals surface area contributed by atoms with E-state index in [0.717, 1.165) is 36.0 Å². The molecule has 0 aliphatic heterocycles. The molecule has 0 radical (unpaired) electrons. The summed E-state index contributed by atoms with van der Waals surface area (Å²) in [5, 5.41) is 0. The van der Waals surface area contributed by atoms with Gasteiger partial charge in [-0.3, -0.25) is 4.79 Å². The monoisotopic (exact) mass is 359 g/mol. The maximum absolute atomic E-state index is 11.3. The third-order valence-corrected chi connectivity index (χ3v) is 10.2. The largest absolute Gasteiger partial charge is 0.370 e. The van der Waals surface area contributed by atoms with Crippen LogP contribution in [0.4, 0.5) is 0 Å². The molecule has 4 aliphatic carbocycles. The molecule has 4 fully saturated rings. The fourth-order valence-corrected chi connectivity index (χ4v) is 8.84. The predicted octanol–water partition coefficient (Wildman–Crippen LogP) is 5.94. The lowest BCUT2D eigenvalue weighted by Crippen LogP contribution is -2.53. The van der Waals surface area contributed by atoms with E-state index in [9.17, 15) is 4.79 Å². The van der Waals surface area contributed by atoms with Crippen LogP contribution < -0.4 is 5.73 Å². The van der Waals surface area contributed by atoms with Crippen LogP contribution in [-0.4, -0.2) is 5.91 Å². The zero-order valence-corrected chi connectivity index (χ0v) is 17.4. The Morgan fingerprint density at radius 2 is 1.73 bits per heavy atom. The van der Waals surface area contributed by atoms with Gasteiger partial charge in [0.15, 0.2) is 0 Å². The van der Waals surface area contributed by atoms with Crippen molar-refractivity contribution in [2.45, 2.75) is 97.8 Å². The summed E-state index contributed by atoms with van der Waals surface area (Å²) in [5.41, 5.74) is 6.60. The molecule has 8 atom stereocenters. The zero-order valence-electron chi connectivity index (χ0n) is 17.4. The van der Waals surface area contributed by atoms with Crippen molar-refractivity contribution in [3.63, 3.8) is 0 Å². The second kappa shape index (κ2) is 6.82. The van der Waals surface area contributed by atoms with E-state index in [2.05, 4.69) is 20.8 Å². The lowest BCUT2D eigenvalue weighted by Gasteiger charge is -2.61. The van der Waals surface area contributed by atoms with Gasteiger partial charge in [-0.1, -0.05) is 33.6 Å². The van der Waals surface area contributed by atoms with E-state index in [1.807, 2.05) is 0 Å². The fraction of sp³-hybridized carbons (Fsp3) is 0.958. The van der Waals surface area contributed by atoms with E-state index in [-0.39, 0.29) is 5.91 Å². The molecule has 0 aromatic rings. The van der Waals surface area contributed by atoms with Crippen LogP contribution in [0.3, 0.4) is 0 Å². The van der Waals surface area contributed by atoms with E-state index < -0.39 is 0 Å². The first-order valence-corrected chi connectivity index (χ1v) is 11.6. The van der Waals surface area contributed by atoms with Crippen LogP contribution in [0.25, 0.3) is 0 Å². The molecular weight excluding hydrogens is 318 g/mol. The van der Waals surface area contributed by atoms with Crippen molar-refractivity contribution >= 4 is 5.91 Å². The van der Waals surface area contributed by atoms with Gasteiger partial charge in [-0.25, -0.2) is 0 Å². The summed E-state index contributed by atoms with van der Waals surface area (Å²) in [4.78, 5) is 11.3. The lowest BCUT2D eigenvalue weighted by atomic mass is 9.44. The van der Waals surface area contributed by atoms with Crippen molar-refractivity contribution < 1.29 is 4.79 Å². The van der Waals surface area contributed by atoms with Gasteiger partial charge < -0.3 is 5.73 Å². The Morgan fingerprint density at radius 1 is 0.962 bits per heavy atom. The number of hydrogen-bond acceptors (Lipinski definition) is 1. The molecule has 0 aromatic carbocycles. The van der Waals surface area contributed by atoms with Crippen molar-refractivity contribution in [1.29, 1.82) is 0 Å². The number of carbonyl (C=O) groups excluding carboxylic acids is 1. The van der Waals surface area contributed by atoms with Crippen LogP contribution in [0.15, 0.2) is 0 Å². The van der Waals surface area contributed by atoms with Crippen molar-refractivity contribution in [3.8, 4) is 0 Å². The molecule has 0 saturated heterocycles. The van der Waals surface area contributed by atoms with Crippen LogP contribution in [0.5, 0.6) is 0 Å². The average Bonchev–Trinajstić information content (AvgIpc) is 2.96. The van der Waals surface area contributed by atoms with Gasteiger partial charge in [0.1, 0.15) is 0 Å². The molecule has 2 N–H and O–H groups in total. The third kappa shape index (κ3) is 2.85. The fourth-order valence-electron chi connectivity index (χ4n) is 8.84. The number of carbonyl (C=O) groups is 1. The van der Waals surface area contributed by atoms with Gasteiger partial charge in [-0.05, 0) is 104 Å². The molecule has 2 heteroatoms. The van der Waals surface area contributed by atoms with Gasteiger partial charge in [0.05, 0.1) is 0 Å². The normalized spacial score (nSPS) is 49.0. The van der Waals surface area contributed by atoms with E-state index in [1.54, 1.807) is 0 Å². The molecular formula is C24H41NO. The summed E-state index contributed by atoms with van der Waals surface area (Å²) in [7, 11) is 0. The molecule has 2 unspecified atom stereocenters. The summed E-state index contributed by atoms with van der Waals surface area (Å²) < 4.78 is 0. The molecule has 0 aromatic heterocycles. The van der Waals surface area contributed by atoms with Crippen molar-refractivity contribution in [2.75, 3.05) is 0 Å². The van der Waals surface area contributed by atoms with Gasteiger partial charge in [-0.15, -0.1) is 0 Å². The maximum atomic E-state index is 11.3. The lowest BCUT2D eigenvalue weighted by molar-refractivity contribution is -0.119. The Bertz CT molecular complexity index is 544. The van der Waals surface area contributed by atoms with E-state index >= 15 is 0 Å². The van der Waals surface area contributed by atoms with E-state index in [0.29, 0.717) is 23.2 Å². The van der Waals surface area contributed by atoms with E-state index in [1.165, 1.54) is 64.2 Å². The third-order valence-electron chi connectivity index (χ3n) is 10.2. The Labute approximate surface area is 161 Å². The number of primary amides is 1. The first-order chi connectivity index (χ1) is 12.4. The molecule has 0 heterocycles. The van der Waals surface area contributed by atoms with Crippen LogP contribution in [0.1, 0.15) is 97.8 Å². The highest BCUT2D eigenvalue weighted by atomic mass is 16.1. The molecule has 4 saturated carbocycles. The minimum atomic E-state index is -0.121. The molecule has 2 nitrogen and oxygen atoms in total. The van der Waals surface area contributed by atoms with Crippen molar-refractivity contribution in [2.24, 2.45) is 52.1 Å².